The molecule has 1 aliphatic heterocycles. The van der Waals surface area contributed by atoms with E-state index in [1.54, 1.807) is 6.07 Å². The zero-order chi connectivity index (χ0) is 24.5. The van der Waals surface area contributed by atoms with Crippen LogP contribution in [0.2, 0.25) is 0 Å². The van der Waals surface area contributed by atoms with Crippen LogP contribution in [0.1, 0.15) is 54.4 Å². The number of rotatable bonds is 7. The fourth-order valence-electron chi connectivity index (χ4n) is 3.71. The number of amides is 2. The average molecular weight is 475 g/mol. The van der Waals surface area contributed by atoms with Crippen LogP contribution in [-0.2, 0) is 16.1 Å². The Balaban J connectivity index is 1.54. The summed E-state index contributed by atoms with van der Waals surface area (Å²) in [5, 5.41) is 5.72. The van der Waals surface area contributed by atoms with E-state index >= 15 is 0 Å². The second-order valence-corrected chi connectivity index (χ2v) is 8.56. The van der Waals surface area contributed by atoms with Crippen molar-refractivity contribution >= 4 is 28.5 Å². The highest BCUT2D eigenvalue weighted by Crippen LogP contribution is 2.27. The SMILES string of the molecule is CC(C)(F)C(=O)NCc1cnc(C(F)F)c(C(=O)Nc2cnc3c(ccn3[C@H]3CCOC3)c2)c1. The van der Waals surface area contributed by atoms with Crippen LogP contribution in [0, 0.1) is 0 Å². The number of aromatic nitrogens is 3. The van der Waals surface area contributed by atoms with E-state index in [9.17, 15) is 22.8 Å². The Hall–Kier alpha value is -3.47. The quantitative estimate of drug-likeness (QED) is 0.539. The summed E-state index contributed by atoms with van der Waals surface area (Å²) in [6, 6.07) is 4.96. The van der Waals surface area contributed by atoms with Crippen LogP contribution >= 0.6 is 0 Å². The lowest BCUT2D eigenvalue weighted by Gasteiger charge is -2.15. The van der Waals surface area contributed by atoms with E-state index in [2.05, 4.69) is 20.6 Å². The molecule has 11 heteroatoms. The molecule has 3 aromatic rings. The summed E-state index contributed by atoms with van der Waals surface area (Å²) in [6.45, 7) is 3.31. The Bertz CT molecular complexity index is 1220. The largest absolute Gasteiger partial charge is 0.379 e. The normalized spacial score (nSPS) is 16.2. The van der Waals surface area contributed by atoms with Crippen molar-refractivity contribution in [3.8, 4) is 0 Å². The summed E-state index contributed by atoms with van der Waals surface area (Å²) in [4.78, 5) is 32.7. The van der Waals surface area contributed by atoms with Crippen molar-refractivity contribution in [3.05, 3.63) is 53.6 Å². The predicted molar refractivity (Wildman–Crippen MR) is 118 cm³/mol. The minimum absolute atomic E-state index is 0.172. The third kappa shape index (κ3) is 5.04. The molecule has 0 bridgehead atoms. The van der Waals surface area contributed by atoms with Gasteiger partial charge in [0.15, 0.2) is 5.67 Å². The van der Waals surface area contributed by atoms with E-state index in [0.29, 0.717) is 18.9 Å². The van der Waals surface area contributed by atoms with Gasteiger partial charge in [-0.1, -0.05) is 0 Å². The number of ether oxygens (including phenoxy) is 1. The Labute approximate surface area is 193 Å². The number of nitrogens with one attached hydrogen (secondary N) is 2. The first-order valence-corrected chi connectivity index (χ1v) is 10.7. The van der Waals surface area contributed by atoms with Gasteiger partial charge in [-0.25, -0.2) is 18.2 Å². The summed E-state index contributed by atoms with van der Waals surface area (Å²) in [6.07, 6.45) is 2.37. The summed E-state index contributed by atoms with van der Waals surface area (Å²) in [5.74, 6) is -1.67. The highest BCUT2D eigenvalue weighted by Gasteiger charge is 2.27. The van der Waals surface area contributed by atoms with Gasteiger partial charge in [-0.05, 0) is 44.0 Å². The number of pyridine rings is 2. The third-order valence-corrected chi connectivity index (χ3v) is 5.53. The smallest absolute Gasteiger partial charge is 0.281 e. The lowest BCUT2D eigenvalue weighted by atomic mass is 10.1. The number of hydrogen-bond donors (Lipinski definition) is 2. The minimum atomic E-state index is -2.99. The number of alkyl halides is 3. The van der Waals surface area contributed by atoms with Crippen molar-refractivity contribution in [3.63, 3.8) is 0 Å². The minimum Gasteiger partial charge on any atom is -0.379 e. The summed E-state index contributed by atoms with van der Waals surface area (Å²) >= 11 is 0. The van der Waals surface area contributed by atoms with Crippen molar-refractivity contribution in [2.24, 2.45) is 0 Å². The number of carbonyl (C=O) groups is 2. The maximum absolute atomic E-state index is 13.7. The number of anilines is 1. The lowest BCUT2D eigenvalue weighted by Crippen LogP contribution is -2.38. The van der Waals surface area contributed by atoms with Gasteiger partial charge in [-0.15, -0.1) is 0 Å². The molecule has 0 radical (unpaired) electrons. The summed E-state index contributed by atoms with van der Waals surface area (Å²) in [7, 11) is 0. The van der Waals surface area contributed by atoms with Crippen molar-refractivity contribution in [1.82, 2.24) is 19.9 Å². The lowest BCUT2D eigenvalue weighted by molar-refractivity contribution is -0.130. The molecule has 0 spiro atoms. The molecule has 0 aliphatic carbocycles. The van der Waals surface area contributed by atoms with Crippen molar-refractivity contribution in [2.45, 2.75) is 44.9 Å². The van der Waals surface area contributed by atoms with Crippen molar-refractivity contribution in [2.75, 3.05) is 18.5 Å². The van der Waals surface area contributed by atoms with Gasteiger partial charge < -0.3 is 19.9 Å². The molecule has 2 N–H and O–H groups in total. The maximum Gasteiger partial charge on any atom is 0.281 e. The first kappa shape index (κ1) is 23.7. The second-order valence-electron chi connectivity index (χ2n) is 8.56. The molecule has 0 saturated carbocycles. The Kier molecular flexibility index (Phi) is 6.56. The highest BCUT2D eigenvalue weighted by atomic mass is 19.3. The molecular formula is C23H24F3N5O3. The summed E-state index contributed by atoms with van der Waals surface area (Å²) in [5.41, 5.74) is -1.81. The zero-order valence-corrected chi connectivity index (χ0v) is 18.6. The van der Waals surface area contributed by atoms with E-state index in [-0.39, 0.29) is 23.7 Å². The number of fused-ring (bicyclic) bond motifs is 1. The van der Waals surface area contributed by atoms with Gasteiger partial charge >= 0.3 is 0 Å². The van der Waals surface area contributed by atoms with Gasteiger partial charge in [0.1, 0.15) is 11.3 Å². The number of nitrogens with zero attached hydrogens (tertiary/aromatic N) is 3. The van der Waals surface area contributed by atoms with Gasteiger partial charge in [0.25, 0.3) is 18.2 Å². The highest BCUT2D eigenvalue weighted by molar-refractivity contribution is 6.05. The number of hydrogen-bond acceptors (Lipinski definition) is 5. The van der Waals surface area contributed by atoms with Gasteiger partial charge in [-0.3, -0.25) is 14.6 Å². The molecule has 4 heterocycles. The van der Waals surface area contributed by atoms with Crippen LogP contribution in [0.4, 0.5) is 18.9 Å². The molecule has 2 amide bonds. The first-order valence-electron chi connectivity index (χ1n) is 10.7. The molecule has 4 rings (SSSR count). The fourth-order valence-corrected chi connectivity index (χ4v) is 3.71. The monoisotopic (exact) mass is 475 g/mol. The van der Waals surface area contributed by atoms with Gasteiger partial charge in [0, 0.05) is 30.9 Å². The van der Waals surface area contributed by atoms with Crippen LogP contribution in [-0.4, -0.2) is 45.2 Å². The van der Waals surface area contributed by atoms with Gasteiger partial charge in [0.05, 0.1) is 30.1 Å². The molecule has 1 aliphatic rings. The molecule has 0 aromatic carbocycles. The van der Waals surface area contributed by atoms with Crippen LogP contribution in [0.3, 0.4) is 0 Å². The van der Waals surface area contributed by atoms with E-state index in [4.69, 9.17) is 4.74 Å². The predicted octanol–water partition coefficient (Wildman–Crippen LogP) is 3.95. The molecule has 1 fully saturated rings. The number of halogens is 3. The van der Waals surface area contributed by atoms with E-state index in [1.165, 1.54) is 12.3 Å². The number of carbonyl (C=O) groups excluding carboxylic acids is 2. The first-order chi connectivity index (χ1) is 16.1. The second kappa shape index (κ2) is 9.41. The molecule has 180 valence electrons. The molecule has 0 unspecified atom stereocenters. The molecule has 1 saturated heterocycles. The molecular weight excluding hydrogens is 451 g/mol. The van der Waals surface area contributed by atoms with E-state index in [1.807, 2.05) is 16.8 Å². The summed E-state index contributed by atoms with van der Waals surface area (Å²) < 4.78 is 48.1. The average Bonchev–Trinajstić information content (AvgIpc) is 3.45. The van der Waals surface area contributed by atoms with Crippen molar-refractivity contribution in [1.29, 1.82) is 0 Å². The zero-order valence-electron chi connectivity index (χ0n) is 18.6. The molecule has 3 aromatic heterocycles. The Morgan fingerprint density at radius 3 is 2.74 bits per heavy atom. The molecule has 8 nitrogen and oxygen atoms in total. The van der Waals surface area contributed by atoms with E-state index < -0.39 is 29.6 Å². The van der Waals surface area contributed by atoms with Crippen LogP contribution in [0.15, 0.2) is 36.8 Å². The van der Waals surface area contributed by atoms with Crippen LogP contribution in [0.25, 0.3) is 11.0 Å². The standard InChI is InChI=1S/C23H24F3N5O3/c1-23(2,26)22(33)29-10-13-7-17(18(19(24)25)27-9-13)21(32)30-15-8-14-3-5-31(20(14)28-11-15)16-4-6-34-12-16/h3,5,7-9,11,16,19H,4,6,10,12H2,1-2H3,(H,29,33)(H,30,32)/t16-/m0/s1. The van der Waals surface area contributed by atoms with Gasteiger partial charge in [0.2, 0.25) is 0 Å². The molecule has 34 heavy (non-hydrogen) atoms. The Morgan fingerprint density at radius 2 is 2.06 bits per heavy atom. The van der Waals surface area contributed by atoms with Gasteiger partial charge in [-0.2, -0.15) is 0 Å². The Morgan fingerprint density at radius 1 is 1.26 bits per heavy atom. The van der Waals surface area contributed by atoms with Crippen molar-refractivity contribution < 1.29 is 27.5 Å². The van der Waals surface area contributed by atoms with E-state index in [0.717, 1.165) is 37.5 Å². The fraction of sp³-hybridized carbons (Fsp3) is 0.391. The topological polar surface area (TPSA) is 98.1 Å². The third-order valence-electron chi connectivity index (χ3n) is 5.53. The van der Waals surface area contributed by atoms with Crippen LogP contribution in [0.5, 0.6) is 0 Å². The van der Waals surface area contributed by atoms with Crippen LogP contribution < -0.4 is 10.6 Å². The maximum atomic E-state index is 13.7. The molecule has 1 atom stereocenters.